The summed E-state index contributed by atoms with van der Waals surface area (Å²) in [6.45, 7) is 3.50. The number of terminal acetylenes is 1. The average molecular weight is 268 g/mol. The number of rotatable bonds is 3. The maximum absolute atomic E-state index is 12.0. The average Bonchev–Trinajstić information content (AvgIpc) is 2.88. The number of nitrogens with zero attached hydrogens (tertiary/aromatic N) is 2. The third-order valence-electron chi connectivity index (χ3n) is 2.74. The van der Waals surface area contributed by atoms with Gasteiger partial charge in [-0.05, 0) is 38.1 Å². The molecule has 0 saturated carbocycles. The van der Waals surface area contributed by atoms with Gasteiger partial charge in [-0.25, -0.2) is 4.68 Å². The smallest absolute Gasteiger partial charge is 0.272 e. The van der Waals surface area contributed by atoms with Crippen LogP contribution in [0.3, 0.4) is 0 Å². The van der Waals surface area contributed by atoms with Crippen LogP contribution in [0.5, 0.6) is 0 Å². The lowest BCUT2D eigenvalue weighted by atomic mass is 10.1. The highest BCUT2D eigenvalue weighted by Crippen LogP contribution is 2.12. The van der Waals surface area contributed by atoms with Gasteiger partial charge in [-0.3, -0.25) is 4.79 Å². The minimum atomic E-state index is -0.710. The minimum Gasteiger partial charge on any atom is -0.399 e. The zero-order valence-corrected chi connectivity index (χ0v) is 11.4. The number of hydrogen-bond donors (Lipinski definition) is 2. The number of nitrogen functional groups attached to an aromatic ring is 1. The zero-order valence-electron chi connectivity index (χ0n) is 11.4. The second-order valence-corrected chi connectivity index (χ2v) is 4.96. The molecule has 0 aliphatic carbocycles. The van der Waals surface area contributed by atoms with Gasteiger partial charge in [0.05, 0.1) is 11.2 Å². The first-order chi connectivity index (χ1) is 9.41. The lowest BCUT2D eigenvalue weighted by Crippen LogP contribution is -2.42. The van der Waals surface area contributed by atoms with E-state index in [0.29, 0.717) is 11.4 Å². The van der Waals surface area contributed by atoms with Crippen molar-refractivity contribution in [1.82, 2.24) is 15.1 Å². The molecule has 1 aromatic heterocycles. The Labute approximate surface area is 117 Å². The molecule has 0 radical (unpaired) electrons. The highest BCUT2D eigenvalue weighted by molar-refractivity contribution is 5.93. The quantitative estimate of drug-likeness (QED) is 0.656. The Balaban J connectivity index is 2.22. The van der Waals surface area contributed by atoms with Gasteiger partial charge in [0, 0.05) is 11.9 Å². The molecule has 0 atom stereocenters. The van der Waals surface area contributed by atoms with Crippen LogP contribution in [0.25, 0.3) is 5.69 Å². The lowest BCUT2D eigenvalue weighted by Gasteiger charge is -2.18. The van der Waals surface area contributed by atoms with Crippen LogP contribution >= 0.6 is 0 Å². The molecule has 5 nitrogen and oxygen atoms in total. The van der Waals surface area contributed by atoms with Crippen LogP contribution < -0.4 is 11.1 Å². The summed E-state index contributed by atoms with van der Waals surface area (Å²) < 4.78 is 1.59. The molecular formula is C15H16N4O. The van der Waals surface area contributed by atoms with E-state index < -0.39 is 5.54 Å². The fourth-order valence-corrected chi connectivity index (χ4v) is 1.64. The molecule has 1 aromatic carbocycles. The second kappa shape index (κ2) is 5.10. The zero-order chi connectivity index (χ0) is 14.8. The van der Waals surface area contributed by atoms with Crippen LogP contribution in [-0.4, -0.2) is 21.2 Å². The van der Waals surface area contributed by atoms with E-state index in [1.807, 2.05) is 12.1 Å². The monoisotopic (exact) mass is 268 g/mol. The Morgan fingerprint density at radius 1 is 1.45 bits per heavy atom. The summed E-state index contributed by atoms with van der Waals surface area (Å²) in [7, 11) is 0. The largest absolute Gasteiger partial charge is 0.399 e. The van der Waals surface area contributed by atoms with Gasteiger partial charge >= 0.3 is 0 Å². The molecule has 0 aliphatic heterocycles. The van der Waals surface area contributed by atoms with E-state index in [2.05, 4.69) is 16.3 Å². The van der Waals surface area contributed by atoms with Crippen molar-refractivity contribution in [3.05, 3.63) is 42.2 Å². The molecule has 1 heterocycles. The summed E-state index contributed by atoms with van der Waals surface area (Å²) in [6, 6.07) is 8.88. The molecule has 3 N–H and O–H groups in total. The molecular weight excluding hydrogens is 252 g/mol. The number of hydrogen-bond acceptors (Lipinski definition) is 3. The van der Waals surface area contributed by atoms with Crippen LogP contribution in [0.15, 0.2) is 36.5 Å². The number of carbonyl (C=O) groups is 1. The lowest BCUT2D eigenvalue weighted by molar-refractivity contribution is 0.0924. The molecule has 0 saturated heterocycles. The number of carbonyl (C=O) groups excluding carboxylic acids is 1. The third-order valence-corrected chi connectivity index (χ3v) is 2.74. The van der Waals surface area contributed by atoms with Crippen LogP contribution in [0.2, 0.25) is 0 Å². The Morgan fingerprint density at radius 3 is 2.85 bits per heavy atom. The Bertz CT molecular complexity index is 679. The van der Waals surface area contributed by atoms with Crippen LogP contribution in [0.4, 0.5) is 5.69 Å². The van der Waals surface area contributed by atoms with Crippen molar-refractivity contribution in [3.8, 4) is 18.0 Å². The highest BCUT2D eigenvalue weighted by atomic mass is 16.2. The van der Waals surface area contributed by atoms with E-state index >= 15 is 0 Å². The Hall–Kier alpha value is -2.74. The van der Waals surface area contributed by atoms with E-state index in [1.54, 1.807) is 42.9 Å². The normalized spacial score (nSPS) is 10.8. The van der Waals surface area contributed by atoms with Gasteiger partial charge < -0.3 is 11.1 Å². The summed E-state index contributed by atoms with van der Waals surface area (Å²) in [5, 5.41) is 6.94. The SMILES string of the molecule is C#CC(C)(C)NC(=O)c1ccn(-c2cccc(N)c2)n1. The molecule has 2 rings (SSSR count). The molecule has 2 aromatic rings. The molecule has 0 fully saturated rings. The first-order valence-corrected chi connectivity index (χ1v) is 6.13. The van der Waals surface area contributed by atoms with Crippen LogP contribution in [0, 0.1) is 12.3 Å². The molecule has 1 amide bonds. The maximum atomic E-state index is 12.0. The van der Waals surface area contributed by atoms with E-state index in [1.165, 1.54) is 0 Å². The van der Waals surface area contributed by atoms with Gasteiger partial charge in [-0.15, -0.1) is 6.42 Å². The molecule has 0 unspecified atom stereocenters. The Morgan fingerprint density at radius 2 is 2.20 bits per heavy atom. The van der Waals surface area contributed by atoms with Gasteiger partial charge in [-0.1, -0.05) is 12.0 Å². The van der Waals surface area contributed by atoms with Crippen LogP contribution in [-0.2, 0) is 0 Å². The number of nitrogens with two attached hydrogens (primary N) is 1. The van der Waals surface area contributed by atoms with Crippen molar-refractivity contribution in [2.75, 3.05) is 5.73 Å². The van der Waals surface area contributed by atoms with E-state index in [0.717, 1.165) is 5.69 Å². The highest BCUT2D eigenvalue weighted by Gasteiger charge is 2.19. The van der Waals surface area contributed by atoms with Crippen molar-refractivity contribution in [1.29, 1.82) is 0 Å². The van der Waals surface area contributed by atoms with Crippen molar-refractivity contribution in [2.45, 2.75) is 19.4 Å². The summed E-state index contributed by atoms with van der Waals surface area (Å²) in [5.74, 6) is 2.20. The molecule has 20 heavy (non-hydrogen) atoms. The molecule has 102 valence electrons. The number of amides is 1. The van der Waals surface area contributed by atoms with E-state index in [4.69, 9.17) is 12.2 Å². The van der Waals surface area contributed by atoms with Crippen molar-refractivity contribution in [2.24, 2.45) is 0 Å². The van der Waals surface area contributed by atoms with Gasteiger partial charge in [0.1, 0.15) is 0 Å². The second-order valence-electron chi connectivity index (χ2n) is 4.96. The summed E-state index contributed by atoms with van der Waals surface area (Å²) in [5.41, 5.74) is 6.74. The summed E-state index contributed by atoms with van der Waals surface area (Å²) >= 11 is 0. The molecule has 0 spiro atoms. The van der Waals surface area contributed by atoms with Crippen molar-refractivity contribution >= 4 is 11.6 Å². The number of anilines is 1. The number of benzene rings is 1. The van der Waals surface area contributed by atoms with E-state index in [-0.39, 0.29) is 5.91 Å². The van der Waals surface area contributed by atoms with Gasteiger partial charge in [0.2, 0.25) is 0 Å². The van der Waals surface area contributed by atoms with Crippen molar-refractivity contribution < 1.29 is 4.79 Å². The minimum absolute atomic E-state index is 0.302. The number of aromatic nitrogens is 2. The molecule has 5 heteroatoms. The molecule has 0 aliphatic rings. The standard InChI is InChI=1S/C15H16N4O/c1-4-15(2,3)17-14(20)13-8-9-19(18-13)12-7-5-6-11(16)10-12/h1,5-10H,16H2,2-3H3,(H,17,20). The third kappa shape index (κ3) is 2.98. The maximum Gasteiger partial charge on any atom is 0.272 e. The van der Waals surface area contributed by atoms with E-state index in [9.17, 15) is 4.79 Å². The number of nitrogens with one attached hydrogen (secondary N) is 1. The first kappa shape index (κ1) is 13.7. The fourth-order valence-electron chi connectivity index (χ4n) is 1.64. The summed E-state index contributed by atoms with van der Waals surface area (Å²) in [6.07, 6.45) is 7.04. The predicted molar refractivity (Wildman–Crippen MR) is 78.4 cm³/mol. The van der Waals surface area contributed by atoms with Crippen LogP contribution in [0.1, 0.15) is 24.3 Å². The Kier molecular flexibility index (Phi) is 3.49. The van der Waals surface area contributed by atoms with Gasteiger partial charge in [0.25, 0.3) is 5.91 Å². The fraction of sp³-hybridized carbons (Fsp3) is 0.200. The predicted octanol–water partition coefficient (Wildman–Crippen LogP) is 1.60. The summed E-state index contributed by atoms with van der Waals surface area (Å²) in [4.78, 5) is 12.0. The van der Waals surface area contributed by atoms with Gasteiger partial charge in [-0.2, -0.15) is 5.10 Å². The topological polar surface area (TPSA) is 72.9 Å². The first-order valence-electron chi connectivity index (χ1n) is 6.13. The molecule has 0 bridgehead atoms. The van der Waals surface area contributed by atoms with Gasteiger partial charge in [0.15, 0.2) is 5.69 Å². The van der Waals surface area contributed by atoms with Crippen molar-refractivity contribution in [3.63, 3.8) is 0 Å².